The van der Waals surface area contributed by atoms with Crippen LogP contribution in [0.3, 0.4) is 0 Å². The van der Waals surface area contributed by atoms with Crippen LogP contribution < -0.4 is 10.2 Å². The zero-order valence-electron chi connectivity index (χ0n) is 17.4. The first-order valence-electron chi connectivity index (χ1n) is 10.5. The van der Waals surface area contributed by atoms with Crippen molar-refractivity contribution < 1.29 is 14.1 Å². The SMILES string of the molecule is CCC.CCCCC(Nc1nccc(N2CCOC2=O)n1)c1nc(C2CC2)no1. The third-order valence-electron chi connectivity index (χ3n) is 4.53. The lowest BCUT2D eigenvalue weighted by atomic mass is 10.1. The Kier molecular flexibility index (Phi) is 7.37. The van der Waals surface area contributed by atoms with Gasteiger partial charge in [-0.2, -0.15) is 9.97 Å². The van der Waals surface area contributed by atoms with Crippen molar-refractivity contribution in [2.45, 2.75) is 71.3 Å². The van der Waals surface area contributed by atoms with Crippen molar-refractivity contribution in [2.24, 2.45) is 0 Å². The molecule has 1 saturated heterocycles. The van der Waals surface area contributed by atoms with Crippen LogP contribution in [-0.4, -0.2) is 39.4 Å². The van der Waals surface area contributed by atoms with Crippen molar-refractivity contribution in [2.75, 3.05) is 23.4 Å². The molecule has 2 aliphatic rings. The number of carbonyl (C=O) groups excluding carboxylic acids is 1. The predicted octanol–water partition coefficient (Wildman–Crippen LogP) is 4.45. The molecule has 1 amide bonds. The summed E-state index contributed by atoms with van der Waals surface area (Å²) >= 11 is 0. The monoisotopic (exact) mass is 402 g/mol. The number of nitrogens with one attached hydrogen (secondary N) is 1. The second-order valence-electron chi connectivity index (χ2n) is 7.32. The number of nitrogens with zero attached hydrogens (tertiary/aromatic N) is 5. The van der Waals surface area contributed by atoms with Crippen LogP contribution in [0.5, 0.6) is 0 Å². The highest BCUT2D eigenvalue weighted by atomic mass is 16.6. The minimum absolute atomic E-state index is 0.157. The topological polar surface area (TPSA) is 106 Å². The van der Waals surface area contributed by atoms with Crippen molar-refractivity contribution in [3.05, 3.63) is 24.0 Å². The highest BCUT2D eigenvalue weighted by Crippen LogP contribution is 2.38. The van der Waals surface area contributed by atoms with Gasteiger partial charge in [0.05, 0.1) is 6.54 Å². The predicted molar refractivity (Wildman–Crippen MR) is 109 cm³/mol. The average molecular weight is 402 g/mol. The first kappa shape index (κ1) is 21.0. The number of rotatable bonds is 8. The van der Waals surface area contributed by atoms with Gasteiger partial charge in [0, 0.05) is 12.1 Å². The highest BCUT2D eigenvalue weighted by Gasteiger charge is 2.30. The maximum atomic E-state index is 11.7. The van der Waals surface area contributed by atoms with E-state index in [1.54, 1.807) is 12.3 Å². The van der Waals surface area contributed by atoms with Gasteiger partial charge in [-0.25, -0.2) is 9.78 Å². The highest BCUT2D eigenvalue weighted by molar-refractivity contribution is 5.88. The van der Waals surface area contributed by atoms with Gasteiger partial charge >= 0.3 is 6.09 Å². The number of cyclic esters (lactones) is 1. The second-order valence-corrected chi connectivity index (χ2v) is 7.32. The summed E-state index contributed by atoms with van der Waals surface area (Å²) in [4.78, 5) is 26.5. The maximum Gasteiger partial charge on any atom is 0.415 e. The number of unbranched alkanes of at least 4 members (excludes halogenated alkanes) is 1. The normalized spacial score (nSPS) is 16.8. The van der Waals surface area contributed by atoms with Gasteiger partial charge in [0.1, 0.15) is 18.5 Å². The smallest absolute Gasteiger partial charge is 0.415 e. The van der Waals surface area contributed by atoms with E-state index in [2.05, 4.69) is 46.2 Å². The van der Waals surface area contributed by atoms with E-state index in [1.807, 2.05) is 0 Å². The molecule has 9 heteroatoms. The lowest BCUT2D eigenvalue weighted by Gasteiger charge is -2.16. The molecular weight excluding hydrogens is 372 g/mol. The fourth-order valence-corrected chi connectivity index (χ4v) is 2.89. The van der Waals surface area contributed by atoms with Gasteiger partial charge in [-0.3, -0.25) is 4.90 Å². The Morgan fingerprint density at radius 3 is 2.72 bits per heavy atom. The minimum atomic E-state index is -0.386. The number of carbonyl (C=O) groups is 1. The van der Waals surface area contributed by atoms with Crippen LogP contribution in [0.25, 0.3) is 0 Å². The summed E-state index contributed by atoms with van der Waals surface area (Å²) in [7, 11) is 0. The summed E-state index contributed by atoms with van der Waals surface area (Å²) in [6, 6.07) is 1.53. The van der Waals surface area contributed by atoms with E-state index in [0.717, 1.165) is 37.9 Å². The van der Waals surface area contributed by atoms with Crippen LogP contribution in [0.2, 0.25) is 0 Å². The molecule has 1 unspecified atom stereocenters. The molecule has 4 rings (SSSR count). The van der Waals surface area contributed by atoms with Gasteiger partial charge < -0.3 is 14.6 Å². The van der Waals surface area contributed by atoms with E-state index in [-0.39, 0.29) is 12.1 Å². The summed E-state index contributed by atoms with van der Waals surface area (Å²) in [6.45, 7) is 7.25. The first-order valence-corrected chi connectivity index (χ1v) is 10.5. The Hall–Kier alpha value is -2.71. The van der Waals surface area contributed by atoms with Crippen molar-refractivity contribution in [3.63, 3.8) is 0 Å². The largest absolute Gasteiger partial charge is 0.447 e. The van der Waals surface area contributed by atoms with E-state index in [4.69, 9.17) is 9.26 Å². The molecule has 158 valence electrons. The van der Waals surface area contributed by atoms with Gasteiger partial charge in [-0.1, -0.05) is 45.2 Å². The van der Waals surface area contributed by atoms with E-state index >= 15 is 0 Å². The zero-order chi connectivity index (χ0) is 20.6. The fourth-order valence-electron chi connectivity index (χ4n) is 2.89. The van der Waals surface area contributed by atoms with Gasteiger partial charge in [0.2, 0.25) is 11.8 Å². The summed E-state index contributed by atoms with van der Waals surface area (Å²) in [5.41, 5.74) is 0. The molecule has 0 radical (unpaired) electrons. The van der Waals surface area contributed by atoms with Crippen LogP contribution in [-0.2, 0) is 4.74 Å². The number of ether oxygens (including phenoxy) is 1. The molecule has 1 N–H and O–H groups in total. The molecule has 2 aromatic heterocycles. The van der Waals surface area contributed by atoms with Crippen LogP contribution >= 0.6 is 0 Å². The van der Waals surface area contributed by atoms with Crippen molar-refractivity contribution in [1.29, 1.82) is 0 Å². The molecule has 1 aliphatic carbocycles. The Labute approximate surface area is 171 Å². The molecule has 3 heterocycles. The van der Waals surface area contributed by atoms with Crippen LogP contribution in [0.4, 0.5) is 16.6 Å². The van der Waals surface area contributed by atoms with Gasteiger partial charge in [0.15, 0.2) is 5.82 Å². The van der Waals surface area contributed by atoms with E-state index in [1.165, 1.54) is 11.3 Å². The number of hydrogen-bond acceptors (Lipinski definition) is 8. The maximum absolute atomic E-state index is 11.7. The Morgan fingerprint density at radius 2 is 2.07 bits per heavy atom. The summed E-state index contributed by atoms with van der Waals surface area (Å²) in [5.74, 6) is 2.74. The Morgan fingerprint density at radius 1 is 1.28 bits per heavy atom. The van der Waals surface area contributed by atoms with Crippen LogP contribution in [0.1, 0.15) is 83.0 Å². The Balaban J connectivity index is 0.000000755. The number of aromatic nitrogens is 4. The van der Waals surface area contributed by atoms with E-state index in [0.29, 0.717) is 36.7 Å². The third kappa shape index (κ3) is 5.65. The van der Waals surface area contributed by atoms with Crippen LogP contribution in [0.15, 0.2) is 16.8 Å². The van der Waals surface area contributed by atoms with Gasteiger partial charge in [-0.15, -0.1) is 0 Å². The molecule has 2 fully saturated rings. The number of amides is 1. The zero-order valence-corrected chi connectivity index (χ0v) is 17.4. The summed E-state index contributed by atoms with van der Waals surface area (Å²) in [5, 5.41) is 7.39. The van der Waals surface area contributed by atoms with Crippen molar-refractivity contribution in [3.8, 4) is 0 Å². The fraction of sp³-hybridized carbons (Fsp3) is 0.650. The molecule has 0 aromatic carbocycles. The lowest BCUT2D eigenvalue weighted by molar-refractivity contribution is 0.181. The van der Waals surface area contributed by atoms with Crippen LogP contribution in [0, 0.1) is 0 Å². The second kappa shape index (κ2) is 10.2. The molecule has 9 nitrogen and oxygen atoms in total. The minimum Gasteiger partial charge on any atom is -0.447 e. The lowest BCUT2D eigenvalue weighted by Crippen LogP contribution is -2.25. The molecule has 0 spiro atoms. The molecular formula is C20H30N6O3. The average Bonchev–Trinajstić information content (AvgIpc) is 3.29. The van der Waals surface area contributed by atoms with E-state index in [9.17, 15) is 4.79 Å². The molecule has 1 aliphatic heterocycles. The Bertz CT molecular complexity index is 792. The van der Waals surface area contributed by atoms with Crippen molar-refractivity contribution >= 4 is 17.9 Å². The molecule has 0 bridgehead atoms. The number of anilines is 2. The molecule has 2 aromatic rings. The van der Waals surface area contributed by atoms with Crippen molar-refractivity contribution in [1.82, 2.24) is 20.1 Å². The molecule has 1 atom stereocenters. The third-order valence-corrected chi connectivity index (χ3v) is 4.53. The quantitative estimate of drug-likeness (QED) is 0.690. The van der Waals surface area contributed by atoms with Gasteiger partial charge in [-0.05, 0) is 25.3 Å². The first-order chi connectivity index (χ1) is 14.2. The summed E-state index contributed by atoms with van der Waals surface area (Å²) < 4.78 is 10.4. The molecule has 29 heavy (non-hydrogen) atoms. The standard InChI is InChI=1S/C17H22N6O3.C3H8/c1-2-3-4-12(15-21-14(22-26-15)11-5-6-11)19-16-18-8-7-13(20-16)23-9-10-25-17(23)24;1-3-2/h7-8,11-12H,2-6,9-10H2,1H3,(H,18,19,20);3H2,1-2H3. The van der Waals surface area contributed by atoms with E-state index < -0.39 is 0 Å². The summed E-state index contributed by atoms with van der Waals surface area (Å²) in [6.07, 6.45) is 7.65. The number of hydrogen-bond donors (Lipinski definition) is 1. The van der Waals surface area contributed by atoms with Gasteiger partial charge in [0.25, 0.3) is 0 Å². The molecule has 1 saturated carbocycles.